The minimum atomic E-state index is -1.49. The summed E-state index contributed by atoms with van der Waals surface area (Å²) < 4.78 is 11.4. The van der Waals surface area contributed by atoms with Crippen molar-refractivity contribution in [1.29, 1.82) is 0 Å². The van der Waals surface area contributed by atoms with Crippen LogP contribution in [0.1, 0.15) is 40.3 Å². The third kappa shape index (κ3) is 4.63. The van der Waals surface area contributed by atoms with Crippen LogP contribution < -0.4 is 9.47 Å². The van der Waals surface area contributed by atoms with Gasteiger partial charge >= 0.3 is 0 Å². The van der Waals surface area contributed by atoms with Gasteiger partial charge in [0.2, 0.25) is 11.8 Å². The number of fused-ring (bicyclic) bond motifs is 4. The highest BCUT2D eigenvalue weighted by atomic mass is 32.1. The molecule has 0 bridgehead atoms. The second-order valence-corrected chi connectivity index (χ2v) is 14.4. The average Bonchev–Trinajstić information content (AvgIpc) is 3.75. The lowest BCUT2D eigenvalue weighted by atomic mass is 9.44. The van der Waals surface area contributed by atoms with Crippen LogP contribution in [0.15, 0.2) is 108 Å². The monoisotopic (exact) mass is 685 g/mol. The fraction of sp³-hybridized carbons (Fsp3) is 0.268. The van der Waals surface area contributed by atoms with Crippen LogP contribution in [0.2, 0.25) is 0 Å². The lowest BCUT2D eigenvalue weighted by molar-refractivity contribution is -0.141. The first kappa shape index (κ1) is 32.0. The number of carbonyl (C=O) groups excluding carboxylic acids is 4. The zero-order chi connectivity index (χ0) is 34.7. The van der Waals surface area contributed by atoms with Crippen LogP contribution in [0, 0.1) is 23.7 Å². The van der Waals surface area contributed by atoms with E-state index in [2.05, 4.69) is 0 Å². The number of rotatable bonds is 7. The second-order valence-electron chi connectivity index (χ2n) is 13.4. The summed E-state index contributed by atoms with van der Waals surface area (Å²) in [6, 6.07) is 25.3. The van der Waals surface area contributed by atoms with Crippen molar-refractivity contribution < 1.29 is 33.8 Å². The number of thiophene rings is 1. The number of allylic oxidation sites excluding steroid dienone is 4. The quantitative estimate of drug-likeness (QED) is 0.175. The Balaban J connectivity index is 1.38. The van der Waals surface area contributed by atoms with Crippen LogP contribution in [0.3, 0.4) is 0 Å². The summed E-state index contributed by atoms with van der Waals surface area (Å²) in [5.74, 6) is -4.20. The van der Waals surface area contributed by atoms with Crippen molar-refractivity contribution in [2.24, 2.45) is 23.7 Å². The van der Waals surface area contributed by atoms with Gasteiger partial charge in [0.05, 0.1) is 38.0 Å². The van der Waals surface area contributed by atoms with E-state index in [9.17, 15) is 14.7 Å². The van der Waals surface area contributed by atoms with Crippen LogP contribution >= 0.6 is 11.3 Å². The van der Waals surface area contributed by atoms with Crippen molar-refractivity contribution >= 4 is 40.3 Å². The molecule has 3 aliphatic carbocycles. The highest BCUT2D eigenvalue weighted by Crippen LogP contribution is 2.65. The maximum atomic E-state index is 15.2. The smallest absolute Gasteiger partial charge is 0.234 e. The molecule has 1 aromatic heterocycles. The number of ether oxygens (including phenoxy) is 2. The SMILES string of the molecule is COc1cc(O)c([C@H]2C3=CC[C@@H]4C(=O)N(Cc5cccs5)C(=O)[C@@H]4[C@@H]3C[C@H]3C(=O)C(c4ccccc4)=CC(=O)[C@@]23c2ccccc2)c(OC)c1. The number of hydrogen-bond donors (Lipinski definition) is 1. The summed E-state index contributed by atoms with van der Waals surface area (Å²) in [5, 5.41) is 13.8. The molecule has 2 amide bonds. The molecule has 3 aromatic carbocycles. The predicted molar refractivity (Wildman–Crippen MR) is 188 cm³/mol. The molecular formula is C41H35NO7S. The van der Waals surface area contributed by atoms with Crippen molar-refractivity contribution in [2.45, 2.75) is 30.7 Å². The summed E-state index contributed by atoms with van der Waals surface area (Å²) >= 11 is 1.49. The minimum Gasteiger partial charge on any atom is -0.507 e. The minimum absolute atomic E-state index is 0.157. The van der Waals surface area contributed by atoms with Gasteiger partial charge in [0.15, 0.2) is 11.6 Å². The first-order valence-electron chi connectivity index (χ1n) is 16.7. The molecule has 0 radical (unpaired) electrons. The lowest BCUT2D eigenvalue weighted by Gasteiger charge is -2.55. The number of imide groups is 1. The van der Waals surface area contributed by atoms with E-state index in [0.717, 1.165) is 10.5 Å². The predicted octanol–water partition coefficient (Wildman–Crippen LogP) is 6.50. The molecule has 2 heterocycles. The Labute approximate surface area is 293 Å². The summed E-state index contributed by atoms with van der Waals surface area (Å²) in [6.45, 7) is 0.191. The Bertz CT molecular complexity index is 2090. The molecule has 1 aliphatic heterocycles. The van der Waals surface area contributed by atoms with E-state index in [1.807, 2.05) is 84.3 Å². The molecule has 8 nitrogen and oxygen atoms in total. The summed E-state index contributed by atoms with van der Waals surface area (Å²) in [4.78, 5) is 60.9. The number of ketones is 2. The largest absolute Gasteiger partial charge is 0.507 e. The number of hydrogen-bond acceptors (Lipinski definition) is 8. The molecule has 0 spiro atoms. The van der Waals surface area contributed by atoms with Crippen LogP contribution in [0.25, 0.3) is 5.57 Å². The van der Waals surface area contributed by atoms with Crippen LogP contribution in [0.4, 0.5) is 0 Å². The van der Waals surface area contributed by atoms with Gasteiger partial charge in [-0.2, -0.15) is 0 Å². The maximum Gasteiger partial charge on any atom is 0.234 e. The van der Waals surface area contributed by atoms with Crippen LogP contribution in [-0.4, -0.2) is 47.6 Å². The number of aromatic hydroxyl groups is 1. The molecule has 6 atom stereocenters. The first-order chi connectivity index (χ1) is 24.3. The summed E-state index contributed by atoms with van der Waals surface area (Å²) in [7, 11) is 2.97. The number of amides is 2. The zero-order valence-electron chi connectivity index (χ0n) is 27.6. The van der Waals surface area contributed by atoms with Gasteiger partial charge in [0.25, 0.3) is 0 Å². The molecule has 4 aromatic rings. The molecule has 8 rings (SSSR count). The van der Waals surface area contributed by atoms with Gasteiger partial charge in [0, 0.05) is 40.0 Å². The van der Waals surface area contributed by atoms with Crippen LogP contribution in [0.5, 0.6) is 17.2 Å². The fourth-order valence-corrected chi connectivity index (χ4v) is 9.82. The summed E-state index contributed by atoms with van der Waals surface area (Å²) in [6.07, 6.45) is 3.91. The number of nitrogens with zero attached hydrogens (tertiary/aromatic N) is 1. The average molecular weight is 686 g/mol. The Morgan fingerprint density at radius 1 is 0.880 bits per heavy atom. The molecule has 50 heavy (non-hydrogen) atoms. The molecule has 1 saturated carbocycles. The number of benzene rings is 3. The molecular weight excluding hydrogens is 651 g/mol. The van der Waals surface area contributed by atoms with Gasteiger partial charge in [-0.25, -0.2) is 0 Å². The Kier molecular flexibility index (Phi) is 7.83. The van der Waals surface area contributed by atoms with Crippen molar-refractivity contribution in [3.63, 3.8) is 0 Å². The lowest BCUT2D eigenvalue weighted by Crippen LogP contribution is -2.58. The van der Waals surface area contributed by atoms with E-state index in [0.29, 0.717) is 34.4 Å². The molecule has 2 fully saturated rings. The fourth-order valence-electron chi connectivity index (χ4n) is 9.13. The van der Waals surface area contributed by atoms with Gasteiger partial charge in [0.1, 0.15) is 17.2 Å². The third-order valence-electron chi connectivity index (χ3n) is 11.2. The normalized spacial score (nSPS) is 27.2. The topological polar surface area (TPSA) is 110 Å². The van der Waals surface area contributed by atoms with Crippen molar-refractivity contribution in [2.75, 3.05) is 14.2 Å². The number of carbonyl (C=O) groups is 4. The van der Waals surface area contributed by atoms with E-state index in [1.54, 1.807) is 6.07 Å². The molecule has 1 N–H and O–H groups in total. The molecule has 4 aliphatic rings. The van der Waals surface area contributed by atoms with Crippen molar-refractivity contribution in [1.82, 2.24) is 4.90 Å². The standard InChI is InChI=1S/C41H35NO7S/c1-48-25-18-32(43)36(33(19-25)49-2)37-27-15-16-28-35(40(47)42(39(28)46)22-26-14-9-17-50-26)30(27)20-31-38(45)29(23-10-5-3-6-11-23)21-34(44)41(31,37)24-12-7-4-8-13-24/h3-15,17-19,21,28,30-31,35,37,43H,16,20,22H2,1-2H3/t28-,30+,31-,35-,37+,41-/m0/s1. The number of methoxy groups -OCH3 is 2. The number of Topliss-reactive ketones (excluding diaryl/α,β-unsaturated/α-hetero) is 1. The van der Waals surface area contributed by atoms with Crippen molar-refractivity contribution in [3.05, 3.63) is 130 Å². The van der Waals surface area contributed by atoms with Gasteiger partial charge in [-0.3, -0.25) is 24.1 Å². The Morgan fingerprint density at radius 3 is 2.30 bits per heavy atom. The highest BCUT2D eigenvalue weighted by Gasteiger charge is 2.66. The van der Waals surface area contributed by atoms with Crippen molar-refractivity contribution in [3.8, 4) is 17.2 Å². The van der Waals surface area contributed by atoms with Gasteiger partial charge < -0.3 is 14.6 Å². The van der Waals surface area contributed by atoms with Gasteiger partial charge in [-0.05, 0) is 47.4 Å². The molecule has 1 saturated heterocycles. The van der Waals surface area contributed by atoms with Gasteiger partial charge in [-0.1, -0.05) is 78.4 Å². The number of phenols is 1. The zero-order valence-corrected chi connectivity index (χ0v) is 28.4. The highest BCUT2D eigenvalue weighted by molar-refractivity contribution is 7.09. The van der Waals surface area contributed by atoms with E-state index in [1.165, 1.54) is 42.6 Å². The molecule has 9 heteroatoms. The molecule has 252 valence electrons. The number of likely N-dealkylation sites (tertiary alicyclic amines) is 1. The first-order valence-corrected chi connectivity index (χ1v) is 17.6. The maximum absolute atomic E-state index is 15.2. The van der Waals surface area contributed by atoms with E-state index >= 15 is 9.59 Å². The van der Waals surface area contributed by atoms with E-state index in [-0.39, 0.29) is 47.8 Å². The van der Waals surface area contributed by atoms with Crippen LogP contribution in [-0.2, 0) is 31.1 Å². The second kappa shape index (κ2) is 12.2. The van der Waals surface area contributed by atoms with Gasteiger partial charge in [-0.15, -0.1) is 11.3 Å². The van der Waals surface area contributed by atoms with E-state index < -0.39 is 35.0 Å². The summed E-state index contributed by atoms with van der Waals surface area (Å²) in [5.41, 5.74) is 1.16. The van der Waals surface area contributed by atoms with E-state index in [4.69, 9.17) is 9.47 Å². The molecule has 0 unspecified atom stereocenters. The Morgan fingerprint density at radius 2 is 1.62 bits per heavy atom. The Hall–Kier alpha value is -5.28. The number of phenolic OH excluding ortho intramolecular Hbond substituents is 1. The third-order valence-corrected chi connectivity index (χ3v) is 12.1.